The van der Waals surface area contributed by atoms with E-state index < -0.39 is 6.10 Å². The van der Waals surface area contributed by atoms with E-state index in [1.807, 2.05) is 45.0 Å². The van der Waals surface area contributed by atoms with Gasteiger partial charge in [0.1, 0.15) is 0 Å². The van der Waals surface area contributed by atoms with Gasteiger partial charge in [0.25, 0.3) is 0 Å². The Bertz CT molecular complexity index is 561. The average molecular weight is 325 g/mol. The molecule has 1 atom stereocenters. The summed E-state index contributed by atoms with van der Waals surface area (Å²) in [5.74, 6) is 0.995. The molecule has 19 heavy (non-hydrogen) atoms. The first-order valence-electron chi connectivity index (χ1n) is 6.13. The third-order valence-electron chi connectivity index (χ3n) is 2.92. The summed E-state index contributed by atoms with van der Waals surface area (Å²) in [4.78, 5) is 4.32. The van der Waals surface area contributed by atoms with Crippen LogP contribution in [-0.4, -0.2) is 21.4 Å². The van der Waals surface area contributed by atoms with Crippen molar-refractivity contribution in [2.45, 2.75) is 33.3 Å². The molecule has 1 N–H and O–H groups in total. The highest BCUT2D eigenvalue weighted by atomic mass is 79.9. The summed E-state index contributed by atoms with van der Waals surface area (Å²) < 4.78 is 6.15. The molecule has 0 fully saturated rings. The van der Waals surface area contributed by atoms with Crippen LogP contribution < -0.4 is 0 Å². The average Bonchev–Trinajstić information content (AvgIpc) is 2.76. The normalized spacial score (nSPS) is 13.5. The van der Waals surface area contributed by atoms with Crippen LogP contribution in [0.4, 0.5) is 0 Å². The number of aliphatic hydroxyl groups is 1. The fraction of sp³-hybridized carbons (Fsp3) is 0.429. The number of rotatable bonds is 3. The largest absolute Gasteiger partial charge is 0.392 e. The van der Waals surface area contributed by atoms with Crippen LogP contribution in [0.1, 0.15) is 26.7 Å². The molecule has 0 aliphatic carbocycles. The monoisotopic (exact) mass is 324 g/mol. The van der Waals surface area contributed by atoms with E-state index in [0.717, 1.165) is 10.0 Å². The molecule has 5 heteroatoms. The maximum absolute atomic E-state index is 10.0. The van der Waals surface area contributed by atoms with Crippen LogP contribution in [0.5, 0.6) is 0 Å². The zero-order valence-electron chi connectivity index (χ0n) is 11.2. The van der Waals surface area contributed by atoms with Crippen molar-refractivity contribution >= 4 is 15.9 Å². The molecule has 1 aromatic carbocycles. The Hall–Kier alpha value is -1.20. The topological polar surface area (TPSA) is 59.2 Å². The van der Waals surface area contributed by atoms with Gasteiger partial charge in [0, 0.05) is 10.0 Å². The maximum atomic E-state index is 10.0. The van der Waals surface area contributed by atoms with Crippen LogP contribution in [0.15, 0.2) is 33.3 Å². The minimum Gasteiger partial charge on any atom is -0.392 e. The highest BCUT2D eigenvalue weighted by molar-refractivity contribution is 9.10. The van der Waals surface area contributed by atoms with Crippen LogP contribution in [0, 0.1) is 5.41 Å². The predicted octanol–water partition coefficient (Wildman–Crippen LogP) is 3.45. The molecule has 0 amide bonds. The fourth-order valence-electron chi connectivity index (χ4n) is 1.55. The van der Waals surface area contributed by atoms with Crippen molar-refractivity contribution in [3.8, 4) is 11.4 Å². The SMILES string of the molecule is CC(C)(C)C(O)Cc1nc(-c2cccc(Br)c2)no1. The van der Waals surface area contributed by atoms with Crippen molar-refractivity contribution in [1.29, 1.82) is 0 Å². The Labute approximate surface area is 121 Å². The molecular weight excluding hydrogens is 308 g/mol. The summed E-state index contributed by atoms with van der Waals surface area (Å²) in [6, 6.07) is 7.70. The third-order valence-corrected chi connectivity index (χ3v) is 3.41. The number of nitrogens with zero attached hydrogens (tertiary/aromatic N) is 2. The standard InChI is InChI=1S/C14H17BrN2O2/c1-14(2,3)11(18)8-12-16-13(17-19-12)9-5-4-6-10(15)7-9/h4-7,11,18H,8H2,1-3H3. The molecule has 1 unspecified atom stereocenters. The lowest BCUT2D eigenvalue weighted by Crippen LogP contribution is -2.28. The molecule has 0 saturated carbocycles. The Kier molecular flexibility index (Phi) is 4.06. The van der Waals surface area contributed by atoms with Gasteiger partial charge in [-0.2, -0.15) is 4.98 Å². The van der Waals surface area contributed by atoms with Gasteiger partial charge in [-0.05, 0) is 17.5 Å². The summed E-state index contributed by atoms with van der Waals surface area (Å²) in [6.07, 6.45) is -0.145. The minimum absolute atomic E-state index is 0.204. The van der Waals surface area contributed by atoms with Gasteiger partial charge in [-0.3, -0.25) is 0 Å². The van der Waals surface area contributed by atoms with E-state index in [4.69, 9.17) is 4.52 Å². The first kappa shape index (κ1) is 14.2. The minimum atomic E-state index is -0.511. The summed E-state index contributed by atoms with van der Waals surface area (Å²) in [6.45, 7) is 5.93. The number of aromatic nitrogens is 2. The lowest BCUT2D eigenvalue weighted by molar-refractivity contribution is 0.0565. The molecule has 1 aromatic heterocycles. The van der Waals surface area contributed by atoms with Crippen LogP contribution in [0.3, 0.4) is 0 Å². The molecule has 0 bridgehead atoms. The first-order valence-corrected chi connectivity index (χ1v) is 6.92. The van der Waals surface area contributed by atoms with Crippen molar-refractivity contribution in [2.75, 3.05) is 0 Å². The van der Waals surface area contributed by atoms with Gasteiger partial charge in [0.2, 0.25) is 11.7 Å². The van der Waals surface area contributed by atoms with Gasteiger partial charge in [-0.25, -0.2) is 0 Å². The van der Waals surface area contributed by atoms with Gasteiger partial charge >= 0.3 is 0 Å². The lowest BCUT2D eigenvalue weighted by atomic mass is 9.87. The summed E-state index contributed by atoms with van der Waals surface area (Å²) in [5.41, 5.74) is 0.680. The van der Waals surface area contributed by atoms with Gasteiger partial charge in [0.15, 0.2) is 0 Å². The second-order valence-electron chi connectivity index (χ2n) is 5.61. The molecule has 0 radical (unpaired) electrons. The quantitative estimate of drug-likeness (QED) is 0.939. The summed E-state index contributed by atoms with van der Waals surface area (Å²) in [5, 5.41) is 14.0. The highest BCUT2D eigenvalue weighted by Crippen LogP contribution is 2.24. The van der Waals surface area contributed by atoms with E-state index in [1.54, 1.807) is 0 Å². The molecule has 0 spiro atoms. The van der Waals surface area contributed by atoms with E-state index in [-0.39, 0.29) is 5.41 Å². The van der Waals surface area contributed by atoms with Crippen LogP contribution in [0.2, 0.25) is 0 Å². The van der Waals surface area contributed by atoms with Crippen LogP contribution >= 0.6 is 15.9 Å². The Morgan fingerprint density at radius 3 is 2.74 bits per heavy atom. The second kappa shape index (κ2) is 5.43. The number of aliphatic hydroxyl groups excluding tert-OH is 1. The van der Waals surface area contributed by atoms with Gasteiger partial charge in [-0.1, -0.05) is 54.0 Å². The third kappa shape index (κ3) is 3.64. The molecule has 4 nitrogen and oxygen atoms in total. The lowest BCUT2D eigenvalue weighted by Gasteiger charge is -2.24. The van der Waals surface area contributed by atoms with Crippen molar-refractivity contribution in [3.05, 3.63) is 34.6 Å². The Morgan fingerprint density at radius 1 is 1.37 bits per heavy atom. The van der Waals surface area contributed by atoms with E-state index in [1.165, 1.54) is 0 Å². The molecule has 2 rings (SSSR count). The number of benzene rings is 1. The van der Waals surface area contributed by atoms with Gasteiger partial charge in [0.05, 0.1) is 12.5 Å². The molecule has 0 aliphatic heterocycles. The van der Waals surface area contributed by atoms with E-state index in [9.17, 15) is 5.11 Å². The first-order chi connectivity index (χ1) is 8.86. The van der Waals surface area contributed by atoms with Crippen molar-refractivity contribution in [3.63, 3.8) is 0 Å². The maximum Gasteiger partial charge on any atom is 0.229 e. The molecule has 0 saturated heterocycles. The number of hydrogen-bond acceptors (Lipinski definition) is 4. The number of halogens is 1. The van der Waals surface area contributed by atoms with Crippen LogP contribution in [0.25, 0.3) is 11.4 Å². The van der Waals surface area contributed by atoms with E-state index in [2.05, 4.69) is 26.1 Å². The molecular formula is C14H17BrN2O2. The second-order valence-corrected chi connectivity index (χ2v) is 6.52. The van der Waals surface area contributed by atoms with E-state index >= 15 is 0 Å². The zero-order chi connectivity index (χ0) is 14.0. The summed E-state index contributed by atoms with van der Waals surface area (Å²) >= 11 is 3.41. The summed E-state index contributed by atoms with van der Waals surface area (Å²) in [7, 11) is 0. The zero-order valence-corrected chi connectivity index (χ0v) is 12.8. The molecule has 1 heterocycles. The van der Waals surface area contributed by atoms with Crippen molar-refractivity contribution < 1.29 is 9.63 Å². The van der Waals surface area contributed by atoms with Gasteiger partial charge in [-0.15, -0.1) is 0 Å². The molecule has 0 aliphatic rings. The Balaban J connectivity index is 2.16. The van der Waals surface area contributed by atoms with Crippen molar-refractivity contribution in [2.24, 2.45) is 5.41 Å². The number of hydrogen-bond donors (Lipinski definition) is 1. The van der Waals surface area contributed by atoms with Crippen LogP contribution in [-0.2, 0) is 6.42 Å². The van der Waals surface area contributed by atoms with E-state index in [0.29, 0.717) is 18.1 Å². The smallest absolute Gasteiger partial charge is 0.229 e. The molecule has 2 aromatic rings. The Morgan fingerprint density at radius 2 is 2.11 bits per heavy atom. The molecule has 102 valence electrons. The highest BCUT2D eigenvalue weighted by Gasteiger charge is 2.24. The van der Waals surface area contributed by atoms with Gasteiger partial charge < -0.3 is 9.63 Å². The predicted molar refractivity (Wildman–Crippen MR) is 76.6 cm³/mol. The fourth-order valence-corrected chi connectivity index (χ4v) is 1.95. The van der Waals surface area contributed by atoms with Crippen molar-refractivity contribution in [1.82, 2.24) is 10.1 Å².